The molecule has 0 spiro atoms. The SMILES string of the molecule is CCCCC[n+]1ccn(-c2ccccc2O)c1. The van der Waals surface area contributed by atoms with Crippen molar-refractivity contribution >= 4 is 0 Å². The maximum atomic E-state index is 9.76. The van der Waals surface area contributed by atoms with Crippen molar-refractivity contribution in [3.63, 3.8) is 0 Å². The van der Waals surface area contributed by atoms with Gasteiger partial charge in [0.05, 0.1) is 6.54 Å². The Balaban J connectivity index is 2.10. The fourth-order valence-corrected chi connectivity index (χ4v) is 1.90. The maximum Gasteiger partial charge on any atom is 0.249 e. The van der Waals surface area contributed by atoms with Crippen LogP contribution in [0.5, 0.6) is 5.75 Å². The number of aryl methyl sites for hydroxylation is 1. The Hall–Kier alpha value is -1.77. The second kappa shape index (κ2) is 5.53. The van der Waals surface area contributed by atoms with E-state index >= 15 is 0 Å². The summed E-state index contributed by atoms with van der Waals surface area (Å²) in [6, 6.07) is 7.37. The molecule has 0 atom stereocenters. The van der Waals surface area contributed by atoms with E-state index in [1.807, 2.05) is 41.5 Å². The minimum absolute atomic E-state index is 0.309. The molecular weight excluding hydrogens is 212 g/mol. The van der Waals surface area contributed by atoms with Crippen molar-refractivity contribution in [1.82, 2.24) is 4.57 Å². The highest BCUT2D eigenvalue weighted by atomic mass is 16.3. The molecule has 2 aromatic rings. The highest BCUT2D eigenvalue weighted by Gasteiger charge is 2.09. The number of hydrogen-bond acceptors (Lipinski definition) is 1. The normalized spacial score (nSPS) is 10.6. The Morgan fingerprint density at radius 3 is 2.82 bits per heavy atom. The first-order valence-corrected chi connectivity index (χ1v) is 6.16. The topological polar surface area (TPSA) is 29.0 Å². The van der Waals surface area contributed by atoms with E-state index in [0.29, 0.717) is 5.75 Å². The average molecular weight is 231 g/mol. The highest BCUT2D eigenvalue weighted by Crippen LogP contribution is 2.19. The molecule has 1 N–H and O–H groups in total. The van der Waals surface area contributed by atoms with Gasteiger partial charge in [0.2, 0.25) is 6.33 Å². The van der Waals surface area contributed by atoms with Crippen LogP contribution in [0.4, 0.5) is 0 Å². The van der Waals surface area contributed by atoms with Crippen LogP contribution in [0.1, 0.15) is 26.2 Å². The van der Waals surface area contributed by atoms with Gasteiger partial charge in [-0.2, -0.15) is 4.57 Å². The Labute approximate surface area is 102 Å². The quantitative estimate of drug-likeness (QED) is 0.622. The summed E-state index contributed by atoms with van der Waals surface area (Å²) in [5.74, 6) is 0.309. The molecule has 0 fully saturated rings. The van der Waals surface area contributed by atoms with Gasteiger partial charge < -0.3 is 5.11 Å². The van der Waals surface area contributed by atoms with Gasteiger partial charge in [-0.1, -0.05) is 25.5 Å². The van der Waals surface area contributed by atoms with E-state index < -0.39 is 0 Å². The van der Waals surface area contributed by atoms with Gasteiger partial charge in [-0.05, 0) is 25.0 Å². The molecule has 0 aliphatic heterocycles. The minimum atomic E-state index is 0.309. The number of aromatic hydroxyl groups is 1. The van der Waals surface area contributed by atoms with Crippen molar-refractivity contribution in [2.75, 3.05) is 0 Å². The summed E-state index contributed by atoms with van der Waals surface area (Å²) in [5, 5.41) is 9.76. The lowest BCUT2D eigenvalue weighted by molar-refractivity contribution is -0.696. The van der Waals surface area contributed by atoms with E-state index in [1.165, 1.54) is 19.3 Å². The number of imidazole rings is 1. The zero-order chi connectivity index (χ0) is 12.1. The molecule has 0 unspecified atom stereocenters. The summed E-state index contributed by atoms with van der Waals surface area (Å²) >= 11 is 0. The van der Waals surface area contributed by atoms with Gasteiger partial charge in [-0.3, -0.25) is 0 Å². The molecule has 0 radical (unpaired) electrons. The van der Waals surface area contributed by atoms with Crippen LogP contribution < -0.4 is 4.57 Å². The molecule has 17 heavy (non-hydrogen) atoms. The monoisotopic (exact) mass is 231 g/mol. The molecule has 0 aliphatic rings. The molecule has 90 valence electrons. The molecule has 0 bridgehead atoms. The molecule has 0 saturated heterocycles. The number of phenols is 1. The highest BCUT2D eigenvalue weighted by molar-refractivity contribution is 5.44. The van der Waals surface area contributed by atoms with Gasteiger partial charge in [0.25, 0.3) is 0 Å². The summed E-state index contributed by atoms with van der Waals surface area (Å²) < 4.78 is 4.10. The summed E-state index contributed by atoms with van der Waals surface area (Å²) in [4.78, 5) is 0. The molecular formula is C14H19N2O+. The van der Waals surface area contributed by atoms with Crippen LogP contribution in [0.15, 0.2) is 43.0 Å². The van der Waals surface area contributed by atoms with Crippen LogP contribution in [0, 0.1) is 0 Å². The van der Waals surface area contributed by atoms with Crippen molar-refractivity contribution in [3.05, 3.63) is 43.0 Å². The van der Waals surface area contributed by atoms with E-state index in [1.54, 1.807) is 6.07 Å². The minimum Gasteiger partial charge on any atom is -0.504 e. The predicted molar refractivity (Wildman–Crippen MR) is 67.2 cm³/mol. The van der Waals surface area contributed by atoms with Crippen LogP contribution in [0.25, 0.3) is 5.69 Å². The zero-order valence-corrected chi connectivity index (χ0v) is 10.2. The van der Waals surface area contributed by atoms with Gasteiger partial charge in [-0.25, -0.2) is 4.57 Å². The Morgan fingerprint density at radius 1 is 1.24 bits per heavy atom. The van der Waals surface area contributed by atoms with E-state index in [2.05, 4.69) is 11.5 Å². The third-order valence-electron chi connectivity index (χ3n) is 2.87. The number of benzene rings is 1. The molecule has 1 aromatic carbocycles. The number of unbranched alkanes of at least 4 members (excludes halogenated alkanes) is 2. The molecule has 1 aromatic heterocycles. The van der Waals surface area contributed by atoms with Gasteiger partial charge >= 0.3 is 0 Å². The summed E-state index contributed by atoms with van der Waals surface area (Å²) in [5.41, 5.74) is 0.821. The Morgan fingerprint density at radius 2 is 2.06 bits per heavy atom. The standard InChI is InChI=1S/C14H18N2O/c1-2-3-6-9-15-10-11-16(12-15)13-7-4-5-8-14(13)17/h4-5,7-8,10-12H,2-3,6,9H2,1H3/p+1. The lowest BCUT2D eigenvalue weighted by atomic mass is 10.2. The molecule has 2 rings (SSSR count). The molecule has 0 aliphatic carbocycles. The fourth-order valence-electron chi connectivity index (χ4n) is 1.90. The molecule has 0 amide bonds. The summed E-state index contributed by atoms with van der Waals surface area (Å²) in [6.07, 6.45) is 9.73. The van der Waals surface area contributed by atoms with E-state index in [4.69, 9.17) is 0 Å². The number of hydrogen-bond donors (Lipinski definition) is 1. The Kier molecular flexibility index (Phi) is 3.81. The van der Waals surface area contributed by atoms with Crippen LogP contribution in [-0.4, -0.2) is 9.67 Å². The van der Waals surface area contributed by atoms with Crippen molar-refractivity contribution in [1.29, 1.82) is 0 Å². The lowest BCUT2D eigenvalue weighted by Crippen LogP contribution is -2.30. The maximum absolute atomic E-state index is 9.76. The Bertz CT molecular complexity index is 477. The number of nitrogens with zero attached hydrogens (tertiary/aromatic N) is 2. The second-order valence-electron chi connectivity index (χ2n) is 4.25. The lowest BCUT2D eigenvalue weighted by Gasteiger charge is -1.98. The smallest absolute Gasteiger partial charge is 0.249 e. The molecule has 3 heteroatoms. The number of phenolic OH excluding ortho intramolecular Hbond substituents is 1. The second-order valence-corrected chi connectivity index (χ2v) is 4.25. The first-order valence-electron chi connectivity index (χ1n) is 6.16. The largest absolute Gasteiger partial charge is 0.504 e. The van der Waals surface area contributed by atoms with E-state index in [9.17, 15) is 5.11 Å². The van der Waals surface area contributed by atoms with E-state index in [-0.39, 0.29) is 0 Å². The van der Waals surface area contributed by atoms with Crippen LogP contribution in [-0.2, 0) is 6.54 Å². The number of para-hydroxylation sites is 2. The predicted octanol–water partition coefficient (Wildman–Crippen LogP) is 2.66. The van der Waals surface area contributed by atoms with Crippen LogP contribution >= 0.6 is 0 Å². The third kappa shape index (κ3) is 2.87. The van der Waals surface area contributed by atoms with Crippen LogP contribution in [0.3, 0.4) is 0 Å². The summed E-state index contributed by atoms with van der Waals surface area (Å²) in [7, 11) is 0. The van der Waals surface area contributed by atoms with Crippen molar-refractivity contribution in [3.8, 4) is 11.4 Å². The number of rotatable bonds is 5. The first-order chi connectivity index (χ1) is 8.31. The third-order valence-corrected chi connectivity index (χ3v) is 2.87. The van der Waals surface area contributed by atoms with Crippen molar-refractivity contribution in [2.24, 2.45) is 0 Å². The van der Waals surface area contributed by atoms with Gasteiger partial charge in [0.1, 0.15) is 12.4 Å². The fraction of sp³-hybridized carbons (Fsp3) is 0.357. The molecule has 1 heterocycles. The molecule has 0 saturated carbocycles. The van der Waals surface area contributed by atoms with Gasteiger partial charge in [0, 0.05) is 0 Å². The van der Waals surface area contributed by atoms with Crippen LogP contribution in [0.2, 0.25) is 0 Å². The number of aromatic nitrogens is 2. The average Bonchev–Trinajstić information content (AvgIpc) is 2.79. The zero-order valence-electron chi connectivity index (χ0n) is 10.2. The van der Waals surface area contributed by atoms with Crippen molar-refractivity contribution < 1.29 is 9.67 Å². The molecule has 3 nitrogen and oxygen atoms in total. The summed E-state index contributed by atoms with van der Waals surface area (Å²) in [6.45, 7) is 3.24. The first kappa shape index (κ1) is 11.7. The van der Waals surface area contributed by atoms with Gasteiger partial charge in [0.15, 0.2) is 11.4 Å². The van der Waals surface area contributed by atoms with Gasteiger partial charge in [-0.15, -0.1) is 0 Å². The van der Waals surface area contributed by atoms with E-state index in [0.717, 1.165) is 12.2 Å². The van der Waals surface area contributed by atoms with Crippen molar-refractivity contribution in [2.45, 2.75) is 32.7 Å².